The molecule has 0 heterocycles. The number of hydrogen-bond donors (Lipinski definition) is 1. The first kappa shape index (κ1) is 21.5. The van der Waals surface area contributed by atoms with Gasteiger partial charge in [-0.2, -0.15) is 0 Å². The number of carbonyl (C=O) groups is 2. The van der Waals surface area contributed by atoms with Gasteiger partial charge in [-0.1, -0.05) is 6.58 Å². The molecule has 8 heteroatoms. The summed E-state index contributed by atoms with van der Waals surface area (Å²) in [5, 5.41) is 8.48. The first-order chi connectivity index (χ1) is 11.1. The number of esters is 2. The second-order valence-corrected chi connectivity index (χ2v) is 4.28. The molecule has 0 aliphatic heterocycles. The fraction of sp³-hybridized carbons (Fsp3) is 0.733. The third-order valence-electron chi connectivity index (χ3n) is 2.39. The maximum absolute atomic E-state index is 11.4. The molecule has 0 unspecified atom stereocenters. The highest BCUT2D eigenvalue weighted by atomic mass is 16.6. The van der Waals surface area contributed by atoms with E-state index in [1.54, 1.807) is 6.92 Å². The van der Waals surface area contributed by atoms with Crippen molar-refractivity contribution >= 4 is 11.9 Å². The molecule has 0 aromatic rings. The van der Waals surface area contributed by atoms with Crippen LogP contribution in [0.3, 0.4) is 0 Å². The normalized spacial score (nSPS) is 10.3. The summed E-state index contributed by atoms with van der Waals surface area (Å²) in [6.07, 6.45) is -0.199. The molecular weight excluding hydrogens is 308 g/mol. The SMILES string of the molecule is C=C(CC(=O)OCCOCCOCCOCCO)C(=O)OCC. The van der Waals surface area contributed by atoms with Crippen molar-refractivity contribution in [3.63, 3.8) is 0 Å². The Balaban J connectivity index is 3.39. The highest BCUT2D eigenvalue weighted by molar-refractivity contribution is 5.93. The Hall–Kier alpha value is -1.48. The molecule has 0 rings (SSSR count). The molecule has 1 N–H and O–H groups in total. The van der Waals surface area contributed by atoms with Crippen molar-refractivity contribution in [3.8, 4) is 0 Å². The van der Waals surface area contributed by atoms with E-state index in [9.17, 15) is 9.59 Å². The zero-order chi connectivity index (χ0) is 17.3. The average molecular weight is 334 g/mol. The number of rotatable bonds is 15. The van der Waals surface area contributed by atoms with E-state index < -0.39 is 11.9 Å². The van der Waals surface area contributed by atoms with Gasteiger partial charge in [-0.3, -0.25) is 4.79 Å². The minimum absolute atomic E-state index is 0.00499. The molecule has 0 aliphatic rings. The van der Waals surface area contributed by atoms with Crippen molar-refractivity contribution in [1.82, 2.24) is 0 Å². The van der Waals surface area contributed by atoms with Crippen LogP contribution in [0.25, 0.3) is 0 Å². The Bertz CT molecular complexity index is 342. The van der Waals surface area contributed by atoms with Crippen LogP contribution in [-0.2, 0) is 33.3 Å². The van der Waals surface area contributed by atoms with Crippen molar-refractivity contribution < 1.29 is 38.4 Å². The van der Waals surface area contributed by atoms with Crippen LogP contribution in [0.5, 0.6) is 0 Å². The summed E-state index contributed by atoms with van der Waals surface area (Å²) in [6.45, 7) is 7.61. The second kappa shape index (κ2) is 15.4. The van der Waals surface area contributed by atoms with Gasteiger partial charge in [0, 0.05) is 5.57 Å². The lowest BCUT2D eigenvalue weighted by Crippen LogP contribution is -2.16. The van der Waals surface area contributed by atoms with E-state index in [0.717, 1.165) is 0 Å². The van der Waals surface area contributed by atoms with Gasteiger partial charge in [-0.25, -0.2) is 4.79 Å². The van der Waals surface area contributed by atoms with Gasteiger partial charge < -0.3 is 28.8 Å². The molecule has 0 radical (unpaired) electrons. The van der Waals surface area contributed by atoms with Gasteiger partial charge >= 0.3 is 11.9 Å². The summed E-state index contributed by atoms with van der Waals surface area (Å²) in [7, 11) is 0. The third kappa shape index (κ3) is 13.9. The summed E-state index contributed by atoms with van der Waals surface area (Å²) in [4.78, 5) is 22.7. The van der Waals surface area contributed by atoms with Gasteiger partial charge in [-0.05, 0) is 6.92 Å². The second-order valence-electron chi connectivity index (χ2n) is 4.28. The number of carbonyl (C=O) groups excluding carboxylic acids is 2. The minimum Gasteiger partial charge on any atom is -0.463 e. The van der Waals surface area contributed by atoms with Gasteiger partial charge in [-0.15, -0.1) is 0 Å². The van der Waals surface area contributed by atoms with E-state index >= 15 is 0 Å². The average Bonchev–Trinajstić information content (AvgIpc) is 2.52. The summed E-state index contributed by atoms with van der Waals surface area (Å²) in [6, 6.07) is 0. The first-order valence-corrected chi connectivity index (χ1v) is 7.46. The van der Waals surface area contributed by atoms with Crippen molar-refractivity contribution in [2.45, 2.75) is 13.3 Å². The summed E-state index contributed by atoms with van der Waals surface area (Å²) < 4.78 is 25.0. The van der Waals surface area contributed by atoms with Crippen molar-refractivity contribution in [2.75, 3.05) is 59.5 Å². The van der Waals surface area contributed by atoms with Gasteiger partial charge in [0.25, 0.3) is 0 Å². The van der Waals surface area contributed by atoms with Crippen LogP contribution in [0, 0.1) is 0 Å². The van der Waals surface area contributed by atoms with Crippen LogP contribution in [0.2, 0.25) is 0 Å². The Kier molecular flexibility index (Phi) is 14.4. The minimum atomic E-state index is -0.596. The van der Waals surface area contributed by atoms with Crippen LogP contribution >= 0.6 is 0 Å². The number of aliphatic hydroxyl groups excluding tert-OH is 1. The molecule has 0 atom stereocenters. The molecule has 23 heavy (non-hydrogen) atoms. The smallest absolute Gasteiger partial charge is 0.333 e. The number of aliphatic hydroxyl groups is 1. The molecule has 0 fully saturated rings. The lowest BCUT2D eigenvalue weighted by molar-refractivity contribution is -0.147. The zero-order valence-corrected chi connectivity index (χ0v) is 13.6. The van der Waals surface area contributed by atoms with E-state index in [0.29, 0.717) is 33.0 Å². The van der Waals surface area contributed by atoms with E-state index in [1.165, 1.54) is 0 Å². The van der Waals surface area contributed by atoms with Gasteiger partial charge in [0.05, 0.1) is 59.3 Å². The third-order valence-corrected chi connectivity index (χ3v) is 2.39. The monoisotopic (exact) mass is 334 g/mol. The summed E-state index contributed by atoms with van der Waals surface area (Å²) in [5.41, 5.74) is 0.0644. The fourth-order valence-electron chi connectivity index (χ4n) is 1.35. The van der Waals surface area contributed by atoms with Gasteiger partial charge in [0.2, 0.25) is 0 Å². The van der Waals surface area contributed by atoms with Crippen molar-refractivity contribution in [1.29, 1.82) is 0 Å². The summed E-state index contributed by atoms with van der Waals surface area (Å²) in [5.74, 6) is -1.15. The molecule has 0 spiro atoms. The zero-order valence-electron chi connectivity index (χ0n) is 13.6. The highest BCUT2D eigenvalue weighted by Crippen LogP contribution is 2.02. The van der Waals surface area contributed by atoms with E-state index in [-0.39, 0.29) is 38.4 Å². The van der Waals surface area contributed by atoms with E-state index in [2.05, 4.69) is 6.58 Å². The molecular formula is C15H26O8. The van der Waals surface area contributed by atoms with Crippen LogP contribution in [0.4, 0.5) is 0 Å². The van der Waals surface area contributed by atoms with Crippen LogP contribution in [-0.4, -0.2) is 76.5 Å². The first-order valence-electron chi connectivity index (χ1n) is 7.46. The van der Waals surface area contributed by atoms with Gasteiger partial charge in [0.1, 0.15) is 6.61 Å². The standard InChI is InChI=1S/C15H26O8/c1-3-22-15(18)13(2)12-14(17)23-11-10-21-9-8-20-7-6-19-5-4-16/h16H,2-12H2,1H3. The number of hydrogen-bond acceptors (Lipinski definition) is 8. The Morgan fingerprint density at radius 3 is 1.91 bits per heavy atom. The lowest BCUT2D eigenvalue weighted by Gasteiger charge is -2.08. The quantitative estimate of drug-likeness (QED) is 0.255. The molecule has 0 bridgehead atoms. The van der Waals surface area contributed by atoms with Gasteiger partial charge in [0.15, 0.2) is 0 Å². The van der Waals surface area contributed by atoms with Crippen molar-refractivity contribution in [3.05, 3.63) is 12.2 Å². The topological polar surface area (TPSA) is 101 Å². The van der Waals surface area contributed by atoms with Crippen LogP contribution in [0.15, 0.2) is 12.2 Å². The van der Waals surface area contributed by atoms with E-state index in [4.69, 9.17) is 28.8 Å². The molecule has 0 aliphatic carbocycles. The van der Waals surface area contributed by atoms with E-state index in [1.807, 2.05) is 0 Å². The maximum Gasteiger partial charge on any atom is 0.333 e. The Labute approximate surface area is 136 Å². The largest absolute Gasteiger partial charge is 0.463 e. The molecule has 8 nitrogen and oxygen atoms in total. The predicted octanol–water partition coefficient (Wildman–Crippen LogP) is 0.0811. The molecule has 134 valence electrons. The maximum atomic E-state index is 11.4. The predicted molar refractivity (Wildman–Crippen MR) is 80.9 cm³/mol. The molecule has 0 aromatic carbocycles. The fourth-order valence-corrected chi connectivity index (χ4v) is 1.35. The number of ether oxygens (including phenoxy) is 5. The molecule has 0 saturated heterocycles. The van der Waals surface area contributed by atoms with Crippen molar-refractivity contribution in [2.24, 2.45) is 0 Å². The summed E-state index contributed by atoms with van der Waals surface area (Å²) >= 11 is 0. The Morgan fingerprint density at radius 2 is 1.39 bits per heavy atom. The molecule has 0 saturated carbocycles. The van der Waals surface area contributed by atoms with Crippen LogP contribution < -0.4 is 0 Å². The molecule has 0 amide bonds. The lowest BCUT2D eigenvalue weighted by atomic mass is 10.2. The Morgan fingerprint density at radius 1 is 0.870 bits per heavy atom. The molecule has 0 aromatic heterocycles. The van der Waals surface area contributed by atoms with Crippen LogP contribution in [0.1, 0.15) is 13.3 Å². The highest BCUT2D eigenvalue weighted by Gasteiger charge is 2.13.